The van der Waals surface area contributed by atoms with Gasteiger partial charge in [-0.1, -0.05) is 26.7 Å². The summed E-state index contributed by atoms with van der Waals surface area (Å²) in [6.07, 6.45) is 9.49. The summed E-state index contributed by atoms with van der Waals surface area (Å²) in [6, 6.07) is 0.512. The normalized spacial score (nSPS) is 31.6. The van der Waals surface area contributed by atoms with Gasteiger partial charge in [0.1, 0.15) is 0 Å². The highest BCUT2D eigenvalue weighted by atomic mass is 14.6. The molecule has 1 rings (SSSR count). The summed E-state index contributed by atoms with van der Waals surface area (Å²) in [4.78, 5) is 0. The monoisotopic (exact) mass is 183 g/mol. The van der Waals surface area contributed by atoms with Gasteiger partial charge in [-0.15, -0.1) is 0 Å². The molecule has 1 unspecified atom stereocenters. The lowest BCUT2D eigenvalue weighted by atomic mass is 9.80. The summed E-state index contributed by atoms with van der Waals surface area (Å²) in [6.45, 7) is 4.69. The lowest BCUT2D eigenvalue weighted by Crippen LogP contribution is -2.27. The van der Waals surface area contributed by atoms with Crippen LogP contribution in [0.3, 0.4) is 0 Å². The van der Waals surface area contributed by atoms with Crippen LogP contribution in [0.1, 0.15) is 58.8 Å². The molecule has 1 heteroatoms. The minimum atomic E-state index is 0.512. The second-order valence-electron chi connectivity index (χ2n) is 4.91. The van der Waals surface area contributed by atoms with E-state index in [9.17, 15) is 0 Å². The summed E-state index contributed by atoms with van der Waals surface area (Å²) >= 11 is 0. The second-order valence-corrected chi connectivity index (χ2v) is 4.91. The van der Waals surface area contributed by atoms with Gasteiger partial charge in [0.2, 0.25) is 0 Å². The zero-order chi connectivity index (χ0) is 9.68. The van der Waals surface area contributed by atoms with Crippen molar-refractivity contribution in [2.24, 2.45) is 17.6 Å². The highest BCUT2D eigenvalue weighted by Gasteiger charge is 2.19. The van der Waals surface area contributed by atoms with Crippen molar-refractivity contribution in [1.82, 2.24) is 0 Å². The zero-order valence-corrected chi connectivity index (χ0v) is 9.26. The first-order valence-corrected chi connectivity index (χ1v) is 5.98. The van der Waals surface area contributed by atoms with E-state index in [0.717, 1.165) is 11.8 Å². The fourth-order valence-electron chi connectivity index (χ4n) is 2.60. The van der Waals surface area contributed by atoms with E-state index in [-0.39, 0.29) is 0 Å². The predicted octanol–water partition coefficient (Wildman–Crippen LogP) is 3.33. The molecule has 1 aliphatic rings. The molecule has 1 saturated carbocycles. The molecule has 0 bridgehead atoms. The fourth-order valence-corrected chi connectivity index (χ4v) is 2.60. The Balaban J connectivity index is 2.14. The van der Waals surface area contributed by atoms with Crippen LogP contribution in [0, 0.1) is 11.8 Å². The van der Waals surface area contributed by atoms with Crippen LogP contribution in [0.25, 0.3) is 0 Å². The van der Waals surface area contributed by atoms with Gasteiger partial charge >= 0.3 is 0 Å². The fraction of sp³-hybridized carbons (Fsp3) is 1.00. The maximum Gasteiger partial charge on any atom is 0.00390 e. The molecule has 1 aliphatic carbocycles. The van der Waals surface area contributed by atoms with Crippen molar-refractivity contribution in [3.63, 3.8) is 0 Å². The molecule has 13 heavy (non-hydrogen) atoms. The van der Waals surface area contributed by atoms with Crippen molar-refractivity contribution in [3.05, 3.63) is 0 Å². The van der Waals surface area contributed by atoms with Crippen molar-refractivity contribution < 1.29 is 0 Å². The van der Waals surface area contributed by atoms with Gasteiger partial charge in [-0.05, 0) is 43.9 Å². The average molecular weight is 183 g/mol. The Labute approximate surface area is 83.1 Å². The largest absolute Gasteiger partial charge is 0.328 e. The summed E-state index contributed by atoms with van der Waals surface area (Å²) in [5, 5.41) is 0. The van der Waals surface area contributed by atoms with E-state index in [2.05, 4.69) is 13.8 Å². The molecule has 0 radical (unpaired) electrons. The van der Waals surface area contributed by atoms with Gasteiger partial charge in [-0.2, -0.15) is 0 Å². The lowest BCUT2D eigenvalue weighted by Gasteiger charge is -2.28. The Morgan fingerprint density at radius 3 is 2.38 bits per heavy atom. The maximum atomic E-state index is 5.89. The van der Waals surface area contributed by atoms with Crippen LogP contribution < -0.4 is 5.73 Å². The van der Waals surface area contributed by atoms with E-state index < -0.39 is 0 Å². The summed E-state index contributed by atoms with van der Waals surface area (Å²) in [5.74, 6) is 1.92. The zero-order valence-electron chi connectivity index (χ0n) is 9.26. The van der Waals surface area contributed by atoms with Crippen LogP contribution in [0.5, 0.6) is 0 Å². The molecule has 1 fully saturated rings. The van der Waals surface area contributed by atoms with Crippen molar-refractivity contribution in [1.29, 1.82) is 0 Å². The van der Waals surface area contributed by atoms with Crippen LogP contribution >= 0.6 is 0 Å². The predicted molar refractivity (Wildman–Crippen MR) is 58.6 cm³/mol. The Morgan fingerprint density at radius 1 is 1.23 bits per heavy atom. The standard InChI is InChI=1S/C12H25N/c1-3-4-10(2)9-11-5-7-12(13)8-6-11/h10-12H,3-9,13H2,1-2H3. The minimum absolute atomic E-state index is 0.512. The summed E-state index contributed by atoms with van der Waals surface area (Å²) < 4.78 is 0. The van der Waals surface area contributed by atoms with Gasteiger partial charge < -0.3 is 5.73 Å². The molecule has 0 aromatic carbocycles. The summed E-state index contributed by atoms with van der Waals surface area (Å²) in [5.41, 5.74) is 5.89. The number of rotatable bonds is 4. The molecule has 0 aromatic rings. The molecule has 1 nitrogen and oxygen atoms in total. The van der Waals surface area contributed by atoms with Crippen molar-refractivity contribution in [2.75, 3.05) is 0 Å². The van der Waals surface area contributed by atoms with E-state index in [1.807, 2.05) is 0 Å². The number of hydrogen-bond donors (Lipinski definition) is 1. The smallest absolute Gasteiger partial charge is 0.00390 e. The number of nitrogens with two attached hydrogens (primary N) is 1. The minimum Gasteiger partial charge on any atom is -0.328 e. The first-order chi connectivity index (χ1) is 6.22. The van der Waals surface area contributed by atoms with Crippen molar-refractivity contribution >= 4 is 0 Å². The van der Waals surface area contributed by atoms with Crippen LogP contribution in [-0.2, 0) is 0 Å². The van der Waals surface area contributed by atoms with Crippen LogP contribution in [0.4, 0.5) is 0 Å². The summed E-state index contributed by atoms with van der Waals surface area (Å²) in [7, 11) is 0. The van der Waals surface area contributed by atoms with E-state index in [4.69, 9.17) is 5.73 Å². The molecule has 2 N–H and O–H groups in total. The van der Waals surface area contributed by atoms with Gasteiger partial charge in [0.25, 0.3) is 0 Å². The highest BCUT2D eigenvalue weighted by molar-refractivity contribution is 4.75. The van der Waals surface area contributed by atoms with Gasteiger partial charge in [0, 0.05) is 6.04 Å². The molecular weight excluding hydrogens is 158 g/mol. The van der Waals surface area contributed by atoms with E-state index in [1.54, 1.807) is 0 Å². The molecular formula is C12H25N. The Hall–Kier alpha value is -0.0400. The van der Waals surface area contributed by atoms with Gasteiger partial charge in [0.15, 0.2) is 0 Å². The van der Waals surface area contributed by atoms with Crippen LogP contribution in [0.2, 0.25) is 0 Å². The van der Waals surface area contributed by atoms with Crippen LogP contribution in [-0.4, -0.2) is 6.04 Å². The number of hydrogen-bond acceptors (Lipinski definition) is 1. The first kappa shape index (κ1) is 11.0. The van der Waals surface area contributed by atoms with Gasteiger partial charge in [0.05, 0.1) is 0 Å². The molecule has 0 saturated heterocycles. The quantitative estimate of drug-likeness (QED) is 0.711. The second kappa shape index (κ2) is 5.64. The van der Waals surface area contributed by atoms with Crippen molar-refractivity contribution in [2.45, 2.75) is 64.8 Å². The third-order valence-electron chi connectivity index (χ3n) is 3.41. The van der Waals surface area contributed by atoms with E-state index >= 15 is 0 Å². The molecule has 0 spiro atoms. The third kappa shape index (κ3) is 4.12. The molecule has 0 aliphatic heterocycles. The molecule has 1 atom stereocenters. The average Bonchev–Trinajstić information content (AvgIpc) is 2.09. The Kier molecular flexibility index (Phi) is 4.79. The lowest BCUT2D eigenvalue weighted by molar-refractivity contribution is 0.270. The third-order valence-corrected chi connectivity index (χ3v) is 3.41. The molecule has 78 valence electrons. The van der Waals surface area contributed by atoms with E-state index in [0.29, 0.717) is 6.04 Å². The van der Waals surface area contributed by atoms with Crippen LogP contribution in [0.15, 0.2) is 0 Å². The molecule has 0 heterocycles. The first-order valence-electron chi connectivity index (χ1n) is 5.98. The van der Waals surface area contributed by atoms with E-state index in [1.165, 1.54) is 44.9 Å². The maximum absolute atomic E-state index is 5.89. The Morgan fingerprint density at radius 2 is 1.85 bits per heavy atom. The van der Waals surface area contributed by atoms with Gasteiger partial charge in [-0.3, -0.25) is 0 Å². The highest BCUT2D eigenvalue weighted by Crippen LogP contribution is 2.29. The topological polar surface area (TPSA) is 26.0 Å². The molecule has 0 amide bonds. The molecule has 0 aromatic heterocycles. The SMILES string of the molecule is CCCC(C)CC1CCC(N)CC1. The van der Waals surface area contributed by atoms with Gasteiger partial charge in [-0.25, -0.2) is 0 Å². The van der Waals surface area contributed by atoms with Crippen molar-refractivity contribution in [3.8, 4) is 0 Å². The Bertz CT molecular complexity index is 125.